The van der Waals surface area contributed by atoms with Crippen LogP contribution in [0, 0.1) is 13.8 Å². The molecule has 0 saturated carbocycles. The first kappa shape index (κ1) is 7.62. The molecular formula is C9H9ClN2. The van der Waals surface area contributed by atoms with Crippen LogP contribution in [-0.4, -0.2) is 9.38 Å². The minimum atomic E-state index is 0.714. The van der Waals surface area contributed by atoms with Gasteiger partial charge < -0.3 is 0 Å². The Balaban J connectivity index is 2.97. The summed E-state index contributed by atoms with van der Waals surface area (Å²) in [5.41, 5.74) is 3.05. The van der Waals surface area contributed by atoms with E-state index in [1.54, 1.807) is 0 Å². The molecule has 0 saturated heterocycles. The number of rotatable bonds is 0. The largest absolute Gasteiger partial charge is 0.287 e. The van der Waals surface area contributed by atoms with Crippen molar-refractivity contribution in [2.24, 2.45) is 0 Å². The molecule has 0 spiro atoms. The van der Waals surface area contributed by atoms with Crippen LogP contribution in [0.1, 0.15) is 11.4 Å². The van der Waals surface area contributed by atoms with Gasteiger partial charge in [-0.05, 0) is 26.0 Å². The third kappa shape index (κ3) is 0.916. The second kappa shape index (κ2) is 2.49. The van der Waals surface area contributed by atoms with E-state index in [4.69, 9.17) is 11.6 Å². The summed E-state index contributed by atoms with van der Waals surface area (Å²) in [5.74, 6) is 0. The van der Waals surface area contributed by atoms with Crippen LogP contribution in [0.15, 0.2) is 18.2 Å². The van der Waals surface area contributed by atoms with Gasteiger partial charge in [0.25, 0.3) is 0 Å². The van der Waals surface area contributed by atoms with Gasteiger partial charge in [0, 0.05) is 5.69 Å². The monoisotopic (exact) mass is 180 g/mol. The van der Waals surface area contributed by atoms with E-state index in [9.17, 15) is 0 Å². The van der Waals surface area contributed by atoms with Crippen molar-refractivity contribution >= 4 is 17.2 Å². The van der Waals surface area contributed by atoms with E-state index in [0.29, 0.717) is 5.15 Å². The van der Waals surface area contributed by atoms with Gasteiger partial charge >= 0.3 is 0 Å². The van der Waals surface area contributed by atoms with Crippen molar-refractivity contribution in [3.05, 3.63) is 34.7 Å². The summed E-state index contributed by atoms with van der Waals surface area (Å²) in [6.45, 7) is 4.00. The Morgan fingerprint density at radius 3 is 2.75 bits per heavy atom. The molecule has 3 heteroatoms. The maximum atomic E-state index is 6.00. The highest BCUT2D eigenvalue weighted by Gasteiger charge is 2.05. The Hall–Kier alpha value is -1.02. The van der Waals surface area contributed by atoms with Crippen molar-refractivity contribution in [2.45, 2.75) is 13.8 Å². The summed E-state index contributed by atoms with van der Waals surface area (Å²) in [6.07, 6.45) is 0. The molecule has 0 radical (unpaired) electrons. The summed E-state index contributed by atoms with van der Waals surface area (Å²) in [4.78, 5) is 4.35. The van der Waals surface area contributed by atoms with Crippen LogP contribution < -0.4 is 0 Å². The smallest absolute Gasteiger partial charge is 0.138 e. The lowest BCUT2D eigenvalue weighted by molar-refractivity contribution is 1.09. The maximum Gasteiger partial charge on any atom is 0.138 e. The van der Waals surface area contributed by atoms with Gasteiger partial charge in [0.05, 0.1) is 5.69 Å². The molecule has 0 atom stereocenters. The molecular weight excluding hydrogens is 172 g/mol. The second-order valence-electron chi connectivity index (χ2n) is 2.82. The molecule has 0 bridgehead atoms. The van der Waals surface area contributed by atoms with Gasteiger partial charge in [-0.25, -0.2) is 4.98 Å². The SMILES string of the molecule is Cc1nc2cccc(Cl)n2c1C. The average Bonchev–Trinajstić information content (AvgIpc) is 2.29. The van der Waals surface area contributed by atoms with Crippen LogP contribution in [-0.2, 0) is 0 Å². The van der Waals surface area contributed by atoms with Crippen molar-refractivity contribution in [3.8, 4) is 0 Å². The molecule has 0 aliphatic heterocycles. The van der Waals surface area contributed by atoms with Gasteiger partial charge in [-0.15, -0.1) is 0 Å². The molecule has 2 nitrogen and oxygen atoms in total. The summed E-state index contributed by atoms with van der Waals surface area (Å²) < 4.78 is 1.94. The Bertz CT molecular complexity index is 431. The Morgan fingerprint density at radius 2 is 2.08 bits per heavy atom. The van der Waals surface area contributed by atoms with Gasteiger partial charge in [0.2, 0.25) is 0 Å². The van der Waals surface area contributed by atoms with E-state index < -0.39 is 0 Å². The van der Waals surface area contributed by atoms with E-state index in [1.807, 2.05) is 36.4 Å². The van der Waals surface area contributed by atoms with E-state index in [-0.39, 0.29) is 0 Å². The highest BCUT2D eigenvalue weighted by Crippen LogP contribution is 2.16. The summed E-state index contributed by atoms with van der Waals surface area (Å²) >= 11 is 6.00. The Labute approximate surface area is 75.8 Å². The third-order valence-corrected chi connectivity index (χ3v) is 2.36. The predicted octanol–water partition coefficient (Wildman–Crippen LogP) is 2.60. The number of halogens is 1. The van der Waals surface area contributed by atoms with Crippen LogP contribution >= 0.6 is 11.6 Å². The zero-order chi connectivity index (χ0) is 8.72. The molecule has 0 amide bonds. The van der Waals surface area contributed by atoms with E-state index >= 15 is 0 Å². The van der Waals surface area contributed by atoms with Crippen molar-refractivity contribution in [2.75, 3.05) is 0 Å². The van der Waals surface area contributed by atoms with Gasteiger partial charge in [0.1, 0.15) is 10.8 Å². The number of nitrogens with zero attached hydrogens (tertiary/aromatic N) is 2. The molecule has 2 aromatic rings. The van der Waals surface area contributed by atoms with Gasteiger partial charge in [-0.1, -0.05) is 17.7 Å². The quantitative estimate of drug-likeness (QED) is 0.570. The van der Waals surface area contributed by atoms with Gasteiger partial charge in [0.15, 0.2) is 0 Å². The summed E-state index contributed by atoms with van der Waals surface area (Å²) in [6, 6.07) is 5.72. The summed E-state index contributed by atoms with van der Waals surface area (Å²) in [7, 11) is 0. The molecule has 0 unspecified atom stereocenters. The molecule has 0 aromatic carbocycles. The highest BCUT2D eigenvalue weighted by atomic mass is 35.5. The lowest BCUT2D eigenvalue weighted by atomic mass is 10.4. The number of imidazole rings is 1. The molecule has 2 rings (SSSR count). The molecule has 0 aliphatic rings. The van der Waals surface area contributed by atoms with Crippen LogP contribution in [0.25, 0.3) is 5.65 Å². The second-order valence-corrected chi connectivity index (χ2v) is 3.21. The van der Waals surface area contributed by atoms with Crippen LogP contribution in [0.4, 0.5) is 0 Å². The van der Waals surface area contributed by atoms with Crippen LogP contribution in [0.2, 0.25) is 5.15 Å². The first-order valence-electron chi connectivity index (χ1n) is 3.80. The highest BCUT2D eigenvalue weighted by molar-refractivity contribution is 6.29. The van der Waals surface area contributed by atoms with Crippen LogP contribution in [0.5, 0.6) is 0 Å². The lowest BCUT2D eigenvalue weighted by Gasteiger charge is -1.98. The predicted molar refractivity (Wildman–Crippen MR) is 49.7 cm³/mol. The summed E-state index contributed by atoms with van der Waals surface area (Å²) in [5, 5.41) is 0.714. The molecule has 2 aromatic heterocycles. The number of aromatic nitrogens is 2. The lowest BCUT2D eigenvalue weighted by Crippen LogP contribution is -1.88. The van der Waals surface area contributed by atoms with E-state index in [0.717, 1.165) is 17.0 Å². The maximum absolute atomic E-state index is 6.00. The molecule has 0 aliphatic carbocycles. The first-order valence-corrected chi connectivity index (χ1v) is 4.18. The standard InChI is InChI=1S/C9H9ClN2/c1-6-7(2)12-8(10)4-3-5-9(12)11-6/h3-5H,1-2H3. The molecule has 0 fully saturated rings. The van der Waals surface area contributed by atoms with Gasteiger partial charge in [-0.3, -0.25) is 4.40 Å². The number of aryl methyl sites for hydroxylation is 2. The van der Waals surface area contributed by atoms with Gasteiger partial charge in [-0.2, -0.15) is 0 Å². The van der Waals surface area contributed by atoms with Crippen LogP contribution in [0.3, 0.4) is 0 Å². The van der Waals surface area contributed by atoms with Crippen molar-refractivity contribution in [1.29, 1.82) is 0 Å². The molecule has 12 heavy (non-hydrogen) atoms. The molecule has 0 N–H and O–H groups in total. The normalized spacial score (nSPS) is 10.9. The molecule has 2 heterocycles. The zero-order valence-electron chi connectivity index (χ0n) is 7.00. The number of pyridine rings is 1. The fourth-order valence-electron chi connectivity index (χ4n) is 1.31. The first-order chi connectivity index (χ1) is 5.70. The number of hydrogen-bond acceptors (Lipinski definition) is 1. The van der Waals surface area contributed by atoms with Crippen molar-refractivity contribution in [3.63, 3.8) is 0 Å². The van der Waals surface area contributed by atoms with Crippen molar-refractivity contribution in [1.82, 2.24) is 9.38 Å². The van der Waals surface area contributed by atoms with Crippen molar-refractivity contribution < 1.29 is 0 Å². The number of fused-ring (bicyclic) bond motifs is 1. The topological polar surface area (TPSA) is 17.3 Å². The minimum Gasteiger partial charge on any atom is -0.287 e. The molecule has 62 valence electrons. The fourth-order valence-corrected chi connectivity index (χ4v) is 1.59. The third-order valence-electron chi connectivity index (χ3n) is 2.06. The zero-order valence-corrected chi connectivity index (χ0v) is 7.76. The van der Waals surface area contributed by atoms with E-state index in [2.05, 4.69) is 4.98 Å². The van der Waals surface area contributed by atoms with E-state index in [1.165, 1.54) is 0 Å². The Morgan fingerprint density at radius 1 is 1.33 bits per heavy atom. The minimum absolute atomic E-state index is 0.714. The average molecular weight is 181 g/mol. The fraction of sp³-hybridized carbons (Fsp3) is 0.222. The Kier molecular flexibility index (Phi) is 1.58. The number of hydrogen-bond donors (Lipinski definition) is 0.